The number of nitrogens with zero attached hydrogens (tertiary/aromatic N) is 1. The Labute approximate surface area is 136 Å². The predicted molar refractivity (Wildman–Crippen MR) is 90.1 cm³/mol. The van der Waals surface area contributed by atoms with Gasteiger partial charge in [-0.1, -0.05) is 24.3 Å². The Bertz CT molecular complexity index is 515. The number of fused-ring (bicyclic) bond motifs is 1. The van der Waals surface area contributed by atoms with Crippen molar-refractivity contribution in [2.75, 3.05) is 32.0 Å². The number of hydrogen-bond acceptors (Lipinski definition) is 3. The van der Waals surface area contributed by atoms with Crippen molar-refractivity contribution < 1.29 is 9.90 Å². The average Bonchev–Trinajstić information content (AvgIpc) is 2.59. The lowest BCUT2D eigenvalue weighted by atomic mass is 9.98. The molecule has 2 amide bonds. The van der Waals surface area contributed by atoms with Crippen LogP contribution in [0.1, 0.15) is 29.2 Å². The fourth-order valence-electron chi connectivity index (χ4n) is 3.26. The topological polar surface area (TPSA) is 52.6 Å². The molecule has 2 heterocycles. The van der Waals surface area contributed by atoms with Crippen LogP contribution in [0.25, 0.3) is 0 Å². The van der Waals surface area contributed by atoms with E-state index in [0.717, 1.165) is 38.1 Å². The Morgan fingerprint density at radius 1 is 1.32 bits per heavy atom. The number of piperidine rings is 1. The van der Waals surface area contributed by atoms with E-state index in [2.05, 4.69) is 29.6 Å². The first kappa shape index (κ1) is 15.7. The van der Waals surface area contributed by atoms with Crippen molar-refractivity contribution in [1.82, 2.24) is 10.2 Å². The summed E-state index contributed by atoms with van der Waals surface area (Å²) in [6, 6.07) is 8.60. The Morgan fingerprint density at radius 2 is 2.09 bits per heavy atom. The zero-order chi connectivity index (χ0) is 15.4. The fraction of sp³-hybridized carbons (Fsp3) is 0.588. The molecule has 0 unspecified atom stereocenters. The first-order valence-electron chi connectivity index (χ1n) is 8.11. The molecule has 5 heteroatoms. The van der Waals surface area contributed by atoms with Gasteiger partial charge in [0, 0.05) is 31.5 Å². The van der Waals surface area contributed by atoms with Gasteiger partial charge in [0.25, 0.3) is 0 Å². The number of aliphatic hydroxyl groups excluding tert-OH is 1. The minimum absolute atomic E-state index is 0.0417. The molecule has 3 rings (SSSR count). The van der Waals surface area contributed by atoms with Crippen molar-refractivity contribution in [3.05, 3.63) is 35.4 Å². The third-order valence-electron chi connectivity index (χ3n) is 4.69. The summed E-state index contributed by atoms with van der Waals surface area (Å²) in [6.45, 7) is 2.45. The van der Waals surface area contributed by atoms with Gasteiger partial charge in [-0.25, -0.2) is 4.79 Å². The summed E-state index contributed by atoms with van der Waals surface area (Å²) >= 11 is 1.93. The number of nitrogens with one attached hydrogen (secondary N) is 1. The number of thioether (sulfide) groups is 1. The number of carbonyl (C=O) groups is 1. The predicted octanol–water partition coefficient (Wildman–Crippen LogP) is 2.43. The zero-order valence-electron chi connectivity index (χ0n) is 12.8. The van der Waals surface area contributed by atoms with E-state index < -0.39 is 0 Å². The lowest BCUT2D eigenvalue weighted by molar-refractivity contribution is 0.137. The third-order valence-corrected chi connectivity index (χ3v) is 5.95. The standard InChI is InChI=1S/C17H24N2O2S/c20-12-13-5-8-19(9-6-13)17(21)18-11-16-15-4-2-1-3-14(15)7-10-22-16/h1-4,13,16,20H,5-12H2,(H,18,21)/t16-/m1/s1. The average molecular weight is 320 g/mol. The Balaban J connectivity index is 1.52. The molecule has 1 aromatic rings. The minimum Gasteiger partial charge on any atom is -0.396 e. The highest BCUT2D eigenvalue weighted by atomic mass is 32.2. The highest BCUT2D eigenvalue weighted by Crippen LogP contribution is 2.36. The first-order chi connectivity index (χ1) is 10.8. The molecule has 4 nitrogen and oxygen atoms in total. The molecule has 0 aromatic heterocycles. The fourth-order valence-corrected chi connectivity index (χ4v) is 4.49. The first-order valence-corrected chi connectivity index (χ1v) is 9.16. The van der Waals surface area contributed by atoms with Crippen molar-refractivity contribution in [1.29, 1.82) is 0 Å². The zero-order valence-corrected chi connectivity index (χ0v) is 13.6. The summed E-state index contributed by atoms with van der Waals surface area (Å²) < 4.78 is 0. The second-order valence-electron chi connectivity index (χ2n) is 6.11. The van der Waals surface area contributed by atoms with Gasteiger partial charge >= 0.3 is 6.03 Å². The monoisotopic (exact) mass is 320 g/mol. The van der Waals surface area contributed by atoms with Crippen LogP contribution < -0.4 is 5.32 Å². The molecule has 0 spiro atoms. The normalized spacial score (nSPS) is 22.2. The van der Waals surface area contributed by atoms with E-state index in [-0.39, 0.29) is 12.6 Å². The second-order valence-corrected chi connectivity index (χ2v) is 7.42. The van der Waals surface area contributed by atoms with E-state index in [1.54, 1.807) is 0 Å². The number of amides is 2. The lowest BCUT2D eigenvalue weighted by Crippen LogP contribution is -2.45. The van der Waals surface area contributed by atoms with Crippen LogP contribution in [0.4, 0.5) is 4.79 Å². The van der Waals surface area contributed by atoms with Gasteiger partial charge in [0.05, 0.1) is 0 Å². The van der Waals surface area contributed by atoms with Crippen LogP contribution in [-0.4, -0.2) is 48.0 Å². The summed E-state index contributed by atoms with van der Waals surface area (Å²) in [7, 11) is 0. The van der Waals surface area contributed by atoms with Gasteiger partial charge in [-0.2, -0.15) is 11.8 Å². The van der Waals surface area contributed by atoms with Crippen LogP contribution in [0.2, 0.25) is 0 Å². The minimum atomic E-state index is 0.0417. The van der Waals surface area contributed by atoms with Crippen molar-refractivity contribution >= 4 is 17.8 Å². The number of hydrogen-bond donors (Lipinski definition) is 2. The lowest BCUT2D eigenvalue weighted by Gasteiger charge is -2.32. The van der Waals surface area contributed by atoms with Gasteiger partial charge in [0.2, 0.25) is 0 Å². The summed E-state index contributed by atoms with van der Waals surface area (Å²) in [5.41, 5.74) is 2.79. The third kappa shape index (κ3) is 3.58. The van der Waals surface area contributed by atoms with Crippen molar-refractivity contribution in [2.24, 2.45) is 5.92 Å². The van der Waals surface area contributed by atoms with Crippen LogP contribution >= 0.6 is 11.8 Å². The molecule has 2 aliphatic rings. The summed E-state index contributed by atoms with van der Waals surface area (Å²) in [5, 5.41) is 12.6. The van der Waals surface area contributed by atoms with Crippen molar-refractivity contribution in [3.63, 3.8) is 0 Å². The molecule has 1 atom stereocenters. The number of benzene rings is 1. The molecule has 0 bridgehead atoms. The van der Waals surface area contributed by atoms with Gasteiger partial charge in [-0.15, -0.1) is 0 Å². The number of aliphatic hydroxyl groups is 1. The molecule has 0 radical (unpaired) electrons. The van der Waals surface area contributed by atoms with E-state index in [1.807, 2.05) is 16.7 Å². The van der Waals surface area contributed by atoms with Crippen LogP contribution in [-0.2, 0) is 6.42 Å². The quantitative estimate of drug-likeness (QED) is 0.899. The molecule has 1 saturated heterocycles. The van der Waals surface area contributed by atoms with Gasteiger partial charge in [0.1, 0.15) is 0 Å². The highest BCUT2D eigenvalue weighted by molar-refractivity contribution is 7.99. The van der Waals surface area contributed by atoms with E-state index in [0.29, 0.717) is 17.7 Å². The number of rotatable bonds is 3. The maximum atomic E-state index is 12.3. The number of likely N-dealkylation sites (tertiary alicyclic amines) is 1. The van der Waals surface area contributed by atoms with Gasteiger partial charge in [-0.3, -0.25) is 0 Å². The van der Waals surface area contributed by atoms with Crippen LogP contribution in [0.3, 0.4) is 0 Å². The molecule has 2 N–H and O–H groups in total. The number of aryl methyl sites for hydroxylation is 1. The van der Waals surface area contributed by atoms with Gasteiger partial charge in [0.15, 0.2) is 0 Å². The molecule has 1 fully saturated rings. The summed E-state index contributed by atoms with van der Waals surface area (Å²) in [4.78, 5) is 14.2. The molecule has 120 valence electrons. The Morgan fingerprint density at radius 3 is 2.86 bits per heavy atom. The molecular weight excluding hydrogens is 296 g/mol. The van der Waals surface area contributed by atoms with E-state index in [1.165, 1.54) is 11.1 Å². The van der Waals surface area contributed by atoms with Crippen LogP contribution in [0.15, 0.2) is 24.3 Å². The number of carbonyl (C=O) groups excluding carboxylic acids is 1. The largest absolute Gasteiger partial charge is 0.396 e. The maximum absolute atomic E-state index is 12.3. The number of urea groups is 1. The molecule has 2 aliphatic heterocycles. The highest BCUT2D eigenvalue weighted by Gasteiger charge is 2.24. The van der Waals surface area contributed by atoms with Crippen molar-refractivity contribution in [3.8, 4) is 0 Å². The smallest absolute Gasteiger partial charge is 0.317 e. The molecule has 1 aromatic carbocycles. The van der Waals surface area contributed by atoms with Gasteiger partial charge < -0.3 is 15.3 Å². The van der Waals surface area contributed by atoms with E-state index >= 15 is 0 Å². The molecule has 0 aliphatic carbocycles. The van der Waals surface area contributed by atoms with E-state index in [4.69, 9.17) is 5.11 Å². The second kappa shape index (κ2) is 7.38. The SMILES string of the molecule is O=C(NC[C@H]1SCCc2ccccc21)N1CCC(CO)CC1. The Hall–Kier alpha value is -1.20. The molecular formula is C17H24N2O2S. The maximum Gasteiger partial charge on any atom is 0.317 e. The van der Waals surface area contributed by atoms with Crippen LogP contribution in [0.5, 0.6) is 0 Å². The Kier molecular flexibility index (Phi) is 5.26. The van der Waals surface area contributed by atoms with Crippen LogP contribution in [0, 0.1) is 5.92 Å². The molecule has 0 saturated carbocycles. The van der Waals surface area contributed by atoms with E-state index in [9.17, 15) is 4.79 Å². The molecule has 22 heavy (non-hydrogen) atoms. The van der Waals surface area contributed by atoms with Gasteiger partial charge in [-0.05, 0) is 42.1 Å². The van der Waals surface area contributed by atoms with Crippen molar-refractivity contribution in [2.45, 2.75) is 24.5 Å². The summed E-state index contributed by atoms with van der Waals surface area (Å²) in [6.07, 6.45) is 2.94. The summed E-state index contributed by atoms with van der Waals surface area (Å²) in [5.74, 6) is 1.49.